The molecule has 1 heterocycles. The van der Waals surface area contributed by atoms with Gasteiger partial charge in [0, 0.05) is 13.1 Å². The quantitative estimate of drug-likeness (QED) is 0.872. The van der Waals surface area contributed by atoms with Crippen molar-refractivity contribution in [3.8, 4) is 0 Å². The Balaban J connectivity index is 1.92. The Morgan fingerprint density at radius 3 is 2.95 bits per heavy atom. The molecule has 0 aromatic heterocycles. The molecule has 5 nitrogen and oxygen atoms in total. The van der Waals surface area contributed by atoms with Crippen LogP contribution in [0.1, 0.15) is 18.4 Å². The zero-order valence-electron chi connectivity index (χ0n) is 10.3. The zero-order valence-corrected chi connectivity index (χ0v) is 10.3. The minimum absolute atomic E-state index is 0.180. The number of carboxylic acids is 1. The fourth-order valence-electron chi connectivity index (χ4n) is 2.19. The van der Waals surface area contributed by atoms with Crippen molar-refractivity contribution >= 4 is 12.0 Å². The predicted octanol–water partition coefficient (Wildman–Crippen LogP) is 1.58. The van der Waals surface area contributed by atoms with E-state index in [0.717, 1.165) is 0 Å². The summed E-state index contributed by atoms with van der Waals surface area (Å²) in [4.78, 5) is 24.1. The van der Waals surface area contributed by atoms with Crippen LogP contribution >= 0.6 is 0 Å². The van der Waals surface area contributed by atoms with Gasteiger partial charge in [0.2, 0.25) is 0 Å². The number of carbonyl (C=O) groups is 2. The Labute approximate surface area is 110 Å². The molecule has 2 N–H and O–H groups in total. The molecule has 19 heavy (non-hydrogen) atoms. The van der Waals surface area contributed by atoms with Gasteiger partial charge in [-0.25, -0.2) is 14.0 Å². The van der Waals surface area contributed by atoms with Crippen molar-refractivity contribution in [3.05, 3.63) is 35.6 Å². The van der Waals surface area contributed by atoms with Crippen molar-refractivity contribution < 1.29 is 19.1 Å². The van der Waals surface area contributed by atoms with Gasteiger partial charge in [0.05, 0.1) is 0 Å². The van der Waals surface area contributed by atoms with Gasteiger partial charge in [0.1, 0.15) is 11.9 Å². The van der Waals surface area contributed by atoms with Crippen LogP contribution in [-0.2, 0) is 11.3 Å². The van der Waals surface area contributed by atoms with E-state index in [1.165, 1.54) is 17.0 Å². The highest BCUT2D eigenvalue weighted by Crippen LogP contribution is 2.17. The number of rotatable bonds is 3. The summed E-state index contributed by atoms with van der Waals surface area (Å²) in [7, 11) is 0. The second-order valence-corrected chi connectivity index (χ2v) is 4.48. The number of nitrogens with zero attached hydrogens (tertiary/aromatic N) is 1. The molecule has 2 rings (SSSR count). The van der Waals surface area contributed by atoms with Crippen molar-refractivity contribution in [1.82, 2.24) is 10.2 Å². The molecule has 102 valence electrons. The number of hydrogen-bond donors (Lipinski definition) is 2. The first-order valence-electron chi connectivity index (χ1n) is 6.09. The third-order valence-electron chi connectivity index (χ3n) is 3.13. The van der Waals surface area contributed by atoms with E-state index < -0.39 is 18.0 Å². The topological polar surface area (TPSA) is 69.6 Å². The molecule has 1 aliphatic rings. The molecular weight excluding hydrogens is 251 g/mol. The number of benzene rings is 1. The van der Waals surface area contributed by atoms with E-state index >= 15 is 0 Å². The lowest BCUT2D eigenvalue weighted by molar-refractivity contribution is -0.141. The molecule has 6 heteroatoms. The van der Waals surface area contributed by atoms with Crippen molar-refractivity contribution in [2.45, 2.75) is 25.4 Å². The van der Waals surface area contributed by atoms with Gasteiger partial charge in [-0.05, 0) is 30.5 Å². The van der Waals surface area contributed by atoms with Gasteiger partial charge in [-0.1, -0.05) is 12.1 Å². The average molecular weight is 266 g/mol. The van der Waals surface area contributed by atoms with Gasteiger partial charge in [0.25, 0.3) is 0 Å². The SMILES string of the molecule is O=C(O)[C@H]1CCCN1C(=O)NCc1cccc(F)c1. The van der Waals surface area contributed by atoms with Gasteiger partial charge in [-0.2, -0.15) is 0 Å². The first-order chi connectivity index (χ1) is 9.08. The Hall–Kier alpha value is -2.11. The molecule has 1 aromatic carbocycles. The number of aliphatic carboxylic acids is 1. The average Bonchev–Trinajstić information content (AvgIpc) is 2.85. The molecule has 2 amide bonds. The minimum atomic E-state index is -0.988. The second kappa shape index (κ2) is 5.69. The molecule has 1 aliphatic heterocycles. The highest BCUT2D eigenvalue weighted by atomic mass is 19.1. The Bertz CT molecular complexity index is 493. The number of amides is 2. The molecule has 0 unspecified atom stereocenters. The molecule has 0 aliphatic carbocycles. The fourth-order valence-corrected chi connectivity index (χ4v) is 2.19. The number of carbonyl (C=O) groups excluding carboxylic acids is 1. The van der Waals surface area contributed by atoms with Crippen molar-refractivity contribution in [3.63, 3.8) is 0 Å². The van der Waals surface area contributed by atoms with E-state index in [2.05, 4.69) is 5.32 Å². The van der Waals surface area contributed by atoms with Crippen molar-refractivity contribution in [2.24, 2.45) is 0 Å². The predicted molar refractivity (Wildman–Crippen MR) is 66.0 cm³/mol. The van der Waals surface area contributed by atoms with Crippen LogP contribution in [0.5, 0.6) is 0 Å². The maximum absolute atomic E-state index is 13.0. The molecule has 1 aromatic rings. The van der Waals surface area contributed by atoms with Crippen LogP contribution in [-0.4, -0.2) is 34.6 Å². The lowest BCUT2D eigenvalue weighted by Crippen LogP contribution is -2.45. The van der Waals surface area contributed by atoms with Gasteiger partial charge in [0.15, 0.2) is 0 Å². The number of carboxylic acid groups (broad SMARTS) is 1. The summed E-state index contributed by atoms with van der Waals surface area (Å²) < 4.78 is 13.0. The van der Waals surface area contributed by atoms with Crippen LogP contribution in [0, 0.1) is 5.82 Å². The summed E-state index contributed by atoms with van der Waals surface area (Å²) >= 11 is 0. The molecule has 0 radical (unpaired) electrons. The van der Waals surface area contributed by atoms with Crippen LogP contribution in [0.4, 0.5) is 9.18 Å². The Morgan fingerprint density at radius 1 is 1.47 bits per heavy atom. The normalized spacial score (nSPS) is 18.4. The molecular formula is C13H15FN2O3. The summed E-state index contributed by atoms with van der Waals surface area (Å²) in [6.07, 6.45) is 1.16. The number of likely N-dealkylation sites (tertiary alicyclic amines) is 1. The van der Waals surface area contributed by atoms with Crippen LogP contribution < -0.4 is 5.32 Å². The van der Waals surface area contributed by atoms with E-state index in [1.807, 2.05) is 0 Å². The molecule has 0 bridgehead atoms. The summed E-state index contributed by atoms with van der Waals surface area (Å²) in [6, 6.07) is 4.74. The number of urea groups is 1. The highest BCUT2D eigenvalue weighted by molar-refractivity contribution is 5.83. The molecule has 0 spiro atoms. The third-order valence-corrected chi connectivity index (χ3v) is 3.13. The van der Waals surface area contributed by atoms with Gasteiger partial charge >= 0.3 is 12.0 Å². The fraction of sp³-hybridized carbons (Fsp3) is 0.385. The van der Waals surface area contributed by atoms with Gasteiger partial charge in [-0.15, -0.1) is 0 Å². The molecule has 1 atom stereocenters. The maximum Gasteiger partial charge on any atom is 0.326 e. The highest BCUT2D eigenvalue weighted by Gasteiger charge is 2.33. The Morgan fingerprint density at radius 2 is 2.26 bits per heavy atom. The van der Waals surface area contributed by atoms with Gasteiger partial charge in [-0.3, -0.25) is 0 Å². The standard InChI is InChI=1S/C13H15FN2O3/c14-10-4-1-3-9(7-10)8-15-13(19)16-6-2-5-11(16)12(17)18/h1,3-4,7,11H,2,5-6,8H2,(H,15,19)(H,17,18)/t11-/m1/s1. The summed E-state index contributed by atoms with van der Waals surface area (Å²) in [6.45, 7) is 0.616. The monoisotopic (exact) mass is 266 g/mol. The molecule has 1 saturated heterocycles. The van der Waals surface area contributed by atoms with Crippen molar-refractivity contribution in [1.29, 1.82) is 0 Å². The molecule has 1 fully saturated rings. The van der Waals surface area contributed by atoms with Crippen LogP contribution in [0.25, 0.3) is 0 Å². The maximum atomic E-state index is 13.0. The van der Waals surface area contributed by atoms with Gasteiger partial charge < -0.3 is 15.3 Å². The van der Waals surface area contributed by atoms with E-state index in [9.17, 15) is 14.0 Å². The molecule has 0 saturated carbocycles. The van der Waals surface area contributed by atoms with Crippen LogP contribution in [0.3, 0.4) is 0 Å². The third kappa shape index (κ3) is 3.21. The lowest BCUT2D eigenvalue weighted by atomic mass is 10.2. The first kappa shape index (κ1) is 13.3. The van der Waals surface area contributed by atoms with Crippen LogP contribution in [0.15, 0.2) is 24.3 Å². The van der Waals surface area contributed by atoms with E-state index in [4.69, 9.17) is 5.11 Å². The number of halogens is 1. The van der Waals surface area contributed by atoms with E-state index in [-0.39, 0.29) is 12.4 Å². The first-order valence-corrected chi connectivity index (χ1v) is 6.09. The number of nitrogens with one attached hydrogen (secondary N) is 1. The summed E-state index contributed by atoms with van der Waals surface area (Å²) in [5.74, 6) is -1.35. The summed E-state index contributed by atoms with van der Waals surface area (Å²) in [5.41, 5.74) is 0.638. The zero-order chi connectivity index (χ0) is 13.8. The smallest absolute Gasteiger partial charge is 0.326 e. The van der Waals surface area contributed by atoms with E-state index in [1.54, 1.807) is 12.1 Å². The Kier molecular flexibility index (Phi) is 3.99. The summed E-state index contributed by atoms with van der Waals surface area (Å²) in [5, 5.41) is 11.6. The van der Waals surface area contributed by atoms with Crippen molar-refractivity contribution in [2.75, 3.05) is 6.54 Å². The largest absolute Gasteiger partial charge is 0.480 e. The van der Waals surface area contributed by atoms with Crippen LogP contribution in [0.2, 0.25) is 0 Å². The number of hydrogen-bond acceptors (Lipinski definition) is 2. The lowest BCUT2D eigenvalue weighted by Gasteiger charge is -2.21. The van der Waals surface area contributed by atoms with E-state index in [0.29, 0.717) is 24.9 Å². The second-order valence-electron chi connectivity index (χ2n) is 4.48. The minimum Gasteiger partial charge on any atom is -0.480 e.